The van der Waals surface area contributed by atoms with E-state index in [0.717, 1.165) is 37.8 Å². The van der Waals surface area contributed by atoms with Crippen LogP contribution in [0, 0.1) is 0 Å². The third-order valence-corrected chi connectivity index (χ3v) is 3.20. The number of benzene rings is 1. The number of ether oxygens (including phenoxy) is 3. The fraction of sp³-hybridized carbons (Fsp3) is 0.625. The molecule has 1 aromatic carbocycles. The summed E-state index contributed by atoms with van der Waals surface area (Å²) < 4.78 is 16.6. The minimum absolute atomic E-state index is 0.259. The highest BCUT2D eigenvalue weighted by molar-refractivity contribution is 5.53. The highest BCUT2D eigenvalue weighted by Gasteiger charge is 2.13. The predicted molar refractivity (Wildman–Crippen MR) is 83.4 cm³/mol. The van der Waals surface area contributed by atoms with E-state index in [-0.39, 0.29) is 6.61 Å². The molecule has 1 rings (SSSR count). The van der Waals surface area contributed by atoms with Crippen molar-refractivity contribution in [2.24, 2.45) is 0 Å². The highest BCUT2D eigenvalue weighted by atomic mass is 16.5. The van der Waals surface area contributed by atoms with Crippen LogP contribution in [0.25, 0.3) is 0 Å². The first-order valence-electron chi connectivity index (χ1n) is 7.40. The maximum absolute atomic E-state index is 8.74. The molecule has 0 fully saturated rings. The second-order valence-corrected chi connectivity index (χ2v) is 4.85. The van der Waals surface area contributed by atoms with E-state index in [1.807, 2.05) is 19.2 Å². The average molecular weight is 297 g/mol. The number of unbranched alkanes of at least 4 members (excludes halogenated alkanes) is 3. The van der Waals surface area contributed by atoms with Crippen LogP contribution in [0.2, 0.25) is 0 Å². The number of rotatable bonds is 11. The fourth-order valence-corrected chi connectivity index (χ4v) is 2.12. The molecular weight excluding hydrogens is 270 g/mol. The second kappa shape index (κ2) is 10.3. The van der Waals surface area contributed by atoms with Crippen molar-refractivity contribution in [1.29, 1.82) is 0 Å². The predicted octanol–water partition coefficient (Wildman–Crippen LogP) is 2.35. The summed E-state index contributed by atoms with van der Waals surface area (Å²) in [7, 11) is 5.16. The molecule has 0 bridgehead atoms. The van der Waals surface area contributed by atoms with Crippen LogP contribution in [0.1, 0.15) is 31.2 Å². The lowest BCUT2D eigenvalue weighted by Gasteiger charge is -2.16. The van der Waals surface area contributed by atoms with Crippen molar-refractivity contribution in [3.63, 3.8) is 0 Å². The van der Waals surface area contributed by atoms with E-state index >= 15 is 0 Å². The monoisotopic (exact) mass is 297 g/mol. The zero-order chi connectivity index (χ0) is 15.5. The van der Waals surface area contributed by atoms with Crippen molar-refractivity contribution in [2.45, 2.75) is 32.2 Å². The van der Waals surface area contributed by atoms with Gasteiger partial charge in [-0.25, -0.2) is 0 Å². The molecule has 0 saturated heterocycles. The van der Waals surface area contributed by atoms with Gasteiger partial charge in [0.05, 0.1) is 20.8 Å². The molecule has 0 aliphatic heterocycles. The molecule has 1 aromatic rings. The van der Waals surface area contributed by atoms with Crippen molar-refractivity contribution in [2.75, 3.05) is 34.5 Å². The topological polar surface area (TPSA) is 60.0 Å². The van der Waals surface area contributed by atoms with Gasteiger partial charge < -0.3 is 24.6 Å². The van der Waals surface area contributed by atoms with Crippen LogP contribution in [0.5, 0.6) is 17.2 Å². The van der Waals surface area contributed by atoms with Gasteiger partial charge in [0, 0.05) is 13.2 Å². The first-order valence-corrected chi connectivity index (χ1v) is 7.40. The Morgan fingerprint density at radius 3 is 2.14 bits per heavy atom. The SMILES string of the molecule is CNCc1cc(OC)c(OCCCCCCO)c(OC)c1. The van der Waals surface area contributed by atoms with Crippen LogP contribution in [-0.2, 0) is 6.54 Å². The van der Waals surface area contributed by atoms with Crippen LogP contribution < -0.4 is 19.5 Å². The molecule has 2 N–H and O–H groups in total. The van der Waals surface area contributed by atoms with Gasteiger partial charge in [-0.1, -0.05) is 6.42 Å². The number of methoxy groups -OCH3 is 2. The maximum atomic E-state index is 8.74. The third-order valence-electron chi connectivity index (χ3n) is 3.20. The zero-order valence-corrected chi connectivity index (χ0v) is 13.3. The Bertz CT molecular complexity index is 384. The maximum Gasteiger partial charge on any atom is 0.203 e. The fourth-order valence-electron chi connectivity index (χ4n) is 2.12. The smallest absolute Gasteiger partial charge is 0.203 e. The van der Waals surface area contributed by atoms with Crippen LogP contribution in [0.15, 0.2) is 12.1 Å². The van der Waals surface area contributed by atoms with Gasteiger partial charge in [0.25, 0.3) is 0 Å². The lowest BCUT2D eigenvalue weighted by molar-refractivity contribution is 0.259. The molecular formula is C16H27NO4. The normalized spacial score (nSPS) is 10.5. The quantitative estimate of drug-likeness (QED) is 0.614. The highest BCUT2D eigenvalue weighted by Crippen LogP contribution is 2.38. The first kappa shape index (κ1) is 17.6. The average Bonchev–Trinajstić information content (AvgIpc) is 2.51. The molecule has 0 amide bonds. The summed E-state index contributed by atoms with van der Waals surface area (Å²) in [4.78, 5) is 0. The molecule has 5 nitrogen and oxygen atoms in total. The van der Waals surface area contributed by atoms with Gasteiger partial charge >= 0.3 is 0 Å². The van der Waals surface area contributed by atoms with Gasteiger partial charge in [-0.05, 0) is 44.0 Å². The van der Waals surface area contributed by atoms with E-state index in [1.165, 1.54) is 0 Å². The molecule has 0 spiro atoms. The van der Waals surface area contributed by atoms with Gasteiger partial charge in [-0.15, -0.1) is 0 Å². The van der Waals surface area contributed by atoms with Gasteiger partial charge in [-0.2, -0.15) is 0 Å². The zero-order valence-electron chi connectivity index (χ0n) is 13.3. The van der Waals surface area contributed by atoms with Crippen LogP contribution >= 0.6 is 0 Å². The molecule has 0 unspecified atom stereocenters. The lowest BCUT2D eigenvalue weighted by atomic mass is 10.1. The molecule has 120 valence electrons. The van der Waals surface area contributed by atoms with Crippen molar-refractivity contribution in [3.8, 4) is 17.2 Å². The van der Waals surface area contributed by atoms with Crippen molar-refractivity contribution in [3.05, 3.63) is 17.7 Å². The lowest BCUT2D eigenvalue weighted by Crippen LogP contribution is -2.07. The third kappa shape index (κ3) is 5.81. The Morgan fingerprint density at radius 1 is 1.00 bits per heavy atom. The van der Waals surface area contributed by atoms with E-state index in [1.54, 1.807) is 14.2 Å². The van der Waals surface area contributed by atoms with Crippen molar-refractivity contribution < 1.29 is 19.3 Å². The van der Waals surface area contributed by atoms with E-state index in [2.05, 4.69) is 5.32 Å². The summed E-state index contributed by atoms with van der Waals surface area (Å²) in [6.07, 6.45) is 3.87. The second-order valence-electron chi connectivity index (χ2n) is 4.85. The van der Waals surface area contributed by atoms with Crippen LogP contribution in [0.4, 0.5) is 0 Å². The Morgan fingerprint density at radius 2 is 1.62 bits per heavy atom. The Labute approximate surface area is 127 Å². The van der Waals surface area contributed by atoms with Gasteiger partial charge in [0.1, 0.15) is 0 Å². The summed E-state index contributed by atoms with van der Waals surface area (Å²) in [5.41, 5.74) is 1.08. The molecule has 0 radical (unpaired) electrons. The molecule has 0 aliphatic rings. The first-order chi connectivity index (χ1) is 10.3. The number of hydrogen-bond acceptors (Lipinski definition) is 5. The minimum atomic E-state index is 0.259. The Kier molecular flexibility index (Phi) is 8.62. The van der Waals surface area contributed by atoms with E-state index in [9.17, 15) is 0 Å². The Balaban J connectivity index is 2.66. The van der Waals surface area contributed by atoms with Gasteiger partial charge in [0.15, 0.2) is 11.5 Å². The summed E-state index contributed by atoms with van der Waals surface area (Å²) in [5.74, 6) is 2.03. The number of aliphatic hydroxyl groups is 1. The summed E-state index contributed by atoms with van der Waals surface area (Å²) in [5, 5.41) is 11.8. The standard InChI is InChI=1S/C16H27NO4/c1-17-12-13-10-14(19-2)16(15(11-13)20-3)21-9-7-5-4-6-8-18/h10-11,17-18H,4-9,12H2,1-3H3. The van der Waals surface area contributed by atoms with E-state index in [4.69, 9.17) is 19.3 Å². The minimum Gasteiger partial charge on any atom is -0.493 e. The van der Waals surface area contributed by atoms with Gasteiger partial charge in [-0.3, -0.25) is 0 Å². The number of nitrogens with one attached hydrogen (secondary N) is 1. The van der Waals surface area contributed by atoms with Crippen LogP contribution in [0.3, 0.4) is 0 Å². The largest absolute Gasteiger partial charge is 0.493 e. The summed E-state index contributed by atoms with van der Waals surface area (Å²) in [6.45, 7) is 1.62. The van der Waals surface area contributed by atoms with Gasteiger partial charge in [0.2, 0.25) is 5.75 Å². The Hall–Kier alpha value is -1.46. The molecule has 0 saturated carbocycles. The van der Waals surface area contributed by atoms with E-state index in [0.29, 0.717) is 23.9 Å². The summed E-state index contributed by atoms with van der Waals surface area (Å²) in [6, 6.07) is 3.92. The number of aliphatic hydroxyl groups excluding tert-OH is 1. The van der Waals surface area contributed by atoms with Crippen LogP contribution in [-0.4, -0.2) is 39.6 Å². The van der Waals surface area contributed by atoms with Crippen molar-refractivity contribution >= 4 is 0 Å². The summed E-state index contributed by atoms with van der Waals surface area (Å²) >= 11 is 0. The number of hydrogen-bond donors (Lipinski definition) is 2. The molecule has 5 heteroatoms. The molecule has 0 aromatic heterocycles. The molecule has 0 heterocycles. The van der Waals surface area contributed by atoms with E-state index < -0.39 is 0 Å². The molecule has 21 heavy (non-hydrogen) atoms. The molecule has 0 atom stereocenters. The molecule has 0 aliphatic carbocycles. The van der Waals surface area contributed by atoms with Crippen molar-refractivity contribution in [1.82, 2.24) is 5.32 Å².